The Bertz CT molecular complexity index is 485. The molecule has 2 nitrogen and oxygen atoms in total. The number of aromatic nitrogens is 2. The lowest BCUT2D eigenvalue weighted by atomic mass is 10.1. The highest BCUT2D eigenvalue weighted by Gasteiger charge is 2.15. The molecule has 84 valence electrons. The maximum absolute atomic E-state index is 6.16. The zero-order valence-electron chi connectivity index (χ0n) is 9.11. The maximum atomic E-state index is 6.16. The molecule has 2 aromatic rings. The third-order valence-electron chi connectivity index (χ3n) is 2.54. The highest BCUT2D eigenvalue weighted by atomic mass is 35.5. The molecule has 1 unspecified atom stereocenters. The molecule has 1 aromatic heterocycles. The fourth-order valence-corrected chi connectivity index (χ4v) is 2.40. The molecule has 0 aliphatic carbocycles. The zero-order valence-corrected chi connectivity index (χ0v) is 10.6. The molecule has 0 saturated carbocycles. The van der Waals surface area contributed by atoms with Crippen molar-refractivity contribution in [3.63, 3.8) is 0 Å². The molecule has 0 aliphatic heterocycles. The molecule has 0 N–H and O–H groups in total. The molecule has 1 heterocycles. The molecule has 1 atom stereocenters. The van der Waals surface area contributed by atoms with Crippen molar-refractivity contribution in [1.82, 2.24) is 9.78 Å². The molecule has 0 aliphatic rings. The topological polar surface area (TPSA) is 17.8 Å². The van der Waals surface area contributed by atoms with Crippen molar-refractivity contribution in [3.05, 3.63) is 51.8 Å². The largest absolute Gasteiger partial charge is 0.265 e. The van der Waals surface area contributed by atoms with Gasteiger partial charge in [-0.2, -0.15) is 5.10 Å². The third kappa shape index (κ3) is 2.08. The molecular weight excluding hydrogens is 243 g/mol. The summed E-state index contributed by atoms with van der Waals surface area (Å²) in [4.78, 5) is 0. The molecule has 16 heavy (non-hydrogen) atoms. The van der Waals surface area contributed by atoms with E-state index in [1.807, 2.05) is 49.1 Å². The van der Waals surface area contributed by atoms with Crippen molar-refractivity contribution in [2.75, 3.05) is 0 Å². The number of rotatable bonds is 2. The Hall–Kier alpha value is -0.990. The molecule has 0 radical (unpaired) electrons. The first kappa shape index (κ1) is 11.5. The predicted molar refractivity (Wildman–Crippen MR) is 67.2 cm³/mol. The van der Waals surface area contributed by atoms with Crippen LogP contribution in [0, 0.1) is 6.92 Å². The van der Waals surface area contributed by atoms with Crippen LogP contribution in [-0.2, 0) is 0 Å². The fraction of sp³-hybridized carbons (Fsp3) is 0.250. The Kier molecular flexibility index (Phi) is 3.22. The average molecular weight is 255 g/mol. The second-order valence-electron chi connectivity index (χ2n) is 3.81. The van der Waals surface area contributed by atoms with Gasteiger partial charge < -0.3 is 0 Å². The standard InChI is InChI=1S/C12H12Cl2N2/c1-8-6-15-16(7-8)9(2)12-10(13)4-3-5-11(12)14/h3-7,9H,1-2H3. The van der Waals surface area contributed by atoms with E-state index < -0.39 is 0 Å². The number of hydrogen-bond acceptors (Lipinski definition) is 1. The SMILES string of the molecule is Cc1cnn(C(C)c2c(Cl)cccc2Cl)c1. The van der Waals surface area contributed by atoms with Crippen LogP contribution in [0.3, 0.4) is 0 Å². The number of halogens is 2. The third-order valence-corrected chi connectivity index (χ3v) is 3.20. The molecule has 0 bridgehead atoms. The van der Waals surface area contributed by atoms with Gasteiger partial charge in [0.15, 0.2) is 0 Å². The van der Waals surface area contributed by atoms with E-state index in [0.717, 1.165) is 11.1 Å². The number of hydrogen-bond donors (Lipinski definition) is 0. The van der Waals surface area contributed by atoms with Crippen LogP contribution in [0.4, 0.5) is 0 Å². The Labute approximate surface area is 105 Å². The van der Waals surface area contributed by atoms with Gasteiger partial charge in [-0.25, -0.2) is 0 Å². The van der Waals surface area contributed by atoms with Gasteiger partial charge >= 0.3 is 0 Å². The smallest absolute Gasteiger partial charge is 0.0769 e. The second kappa shape index (κ2) is 4.48. The van der Waals surface area contributed by atoms with E-state index in [1.54, 1.807) is 0 Å². The van der Waals surface area contributed by atoms with E-state index >= 15 is 0 Å². The van der Waals surface area contributed by atoms with Crippen LogP contribution < -0.4 is 0 Å². The summed E-state index contributed by atoms with van der Waals surface area (Å²) in [6.07, 6.45) is 3.80. The van der Waals surface area contributed by atoms with Gasteiger partial charge in [-0.3, -0.25) is 4.68 Å². The first-order chi connectivity index (χ1) is 7.59. The molecule has 4 heteroatoms. The van der Waals surface area contributed by atoms with Crippen molar-refractivity contribution in [2.24, 2.45) is 0 Å². The molecular formula is C12H12Cl2N2. The van der Waals surface area contributed by atoms with Gasteiger partial charge in [0.05, 0.1) is 12.2 Å². The van der Waals surface area contributed by atoms with E-state index in [4.69, 9.17) is 23.2 Å². The molecule has 2 rings (SSSR count). The normalized spacial score (nSPS) is 12.8. The summed E-state index contributed by atoms with van der Waals surface area (Å²) in [5, 5.41) is 5.62. The summed E-state index contributed by atoms with van der Waals surface area (Å²) in [6.45, 7) is 4.03. The van der Waals surface area contributed by atoms with Crippen molar-refractivity contribution in [3.8, 4) is 0 Å². The summed E-state index contributed by atoms with van der Waals surface area (Å²) in [5.41, 5.74) is 2.03. The van der Waals surface area contributed by atoms with Crippen molar-refractivity contribution >= 4 is 23.2 Å². The van der Waals surface area contributed by atoms with Crippen molar-refractivity contribution in [2.45, 2.75) is 19.9 Å². The van der Waals surface area contributed by atoms with E-state index in [9.17, 15) is 0 Å². The minimum absolute atomic E-state index is 0.0369. The van der Waals surface area contributed by atoms with Gasteiger partial charge in [-0.1, -0.05) is 29.3 Å². The average Bonchev–Trinajstić information content (AvgIpc) is 2.64. The van der Waals surface area contributed by atoms with E-state index in [0.29, 0.717) is 10.0 Å². The van der Waals surface area contributed by atoms with E-state index in [2.05, 4.69) is 5.10 Å². The van der Waals surface area contributed by atoms with Crippen LogP contribution in [0.2, 0.25) is 10.0 Å². The summed E-state index contributed by atoms with van der Waals surface area (Å²) in [7, 11) is 0. The number of aryl methyl sites for hydroxylation is 1. The number of nitrogens with zero attached hydrogens (tertiary/aromatic N) is 2. The lowest BCUT2D eigenvalue weighted by Gasteiger charge is -2.15. The summed E-state index contributed by atoms with van der Waals surface area (Å²) >= 11 is 12.3. The molecule has 0 amide bonds. The van der Waals surface area contributed by atoms with Gasteiger partial charge in [-0.15, -0.1) is 0 Å². The number of benzene rings is 1. The molecule has 1 aromatic carbocycles. The highest BCUT2D eigenvalue weighted by Crippen LogP contribution is 2.31. The van der Waals surface area contributed by atoms with Crippen LogP contribution in [0.5, 0.6) is 0 Å². The second-order valence-corrected chi connectivity index (χ2v) is 4.62. The Morgan fingerprint density at radius 2 is 1.88 bits per heavy atom. The lowest BCUT2D eigenvalue weighted by molar-refractivity contribution is 0.564. The van der Waals surface area contributed by atoms with Gasteiger partial charge in [-0.05, 0) is 31.5 Å². The Morgan fingerprint density at radius 3 is 2.38 bits per heavy atom. The van der Waals surface area contributed by atoms with Crippen LogP contribution in [0.25, 0.3) is 0 Å². The molecule has 0 saturated heterocycles. The molecule has 0 fully saturated rings. The van der Waals surface area contributed by atoms with Gasteiger partial charge in [0, 0.05) is 21.8 Å². The monoisotopic (exact) mass is 254 g/mol. The minimum Gasteiger partial charge on any atom is -0.265 e. The van der Waals surface area contributed by atoms with Crippen LogP contribution in [0.15, 0.2) is 30.6 Å². The zero-order chi connectivity index (χ0) is 11.7. The van der Waals surface area contributed by atoms with Gasteiger partial charge in [0.2, 0.25) is 0 Å². The van der Waals surface area contributed by atoms with Crippen molar-refractivity contribution in [1.29, 1.82) is 0 Å². The van der Waals surface area contributed by atoms with E-state index in [-0.39, 0.29) is 6.04 Å². The Balaban J connectivity index is 2.45. The van der Waals surface area contributed by atoms with Gasteiger partial charge in [0.25, 0.3) is 0 Å². The molecule has 0 spiro atoms. The maximum Gasteiger partial charge on any atom is 0.0769 e. The first-order valence-electron chi connectivity index (χ1n) is 5.04. The quantitative estimate of drug-likeness (QED) is 0.789. The summed E-state index contributed by atoms with van der Waals surface area (Å²) in [5.74, 6) is 0. The minimum atomic E-state index is 0.0369. The lowest BCUT2D eigenvalue weighted by Crippen LogP contribution is -2.08. The van der Waals surface area contributed by atoms with Crippen molar-refractivity contribution < 1.29 is 0 Å². The van der Waals surface area contributed by atoms with E-state index in [1.165, 1.54) is 0 Å². The van der Waals surface area contributed by atoms with Crippen LogP contribution >= 0.6 is 23.2 Å². The Morgan fingerprint density at radius 1 is 1.25 bits per heavy atom. The van der Waals surface area contributed by atoms with Crippen LogP contribution in [0.1, 0.15) is 24.1 Å². The summed E-state index contributed by atoms with van der Waals surface area (Å²) in [6, 6.07) is 5.57. The first-order valence-corrected chi connectivity index (χ1v) is 5.80. The predicted octanol–water partition coefficient (Wildman–Crippen LogP) is 4.11. The highest BCUT2D eigenvalue weighted by molar-refractivity contribution is 6.36. The fourth-order valence-electron chi connectivity index (χ4n) is 1.69. The van der Waals surface area contributed by atoms with Crippen LogP contribution in [-0.4, -0.2) is 9.78 Å². The summed E-state index contributed by atoms with van der Waals surface area (Å²) < 4.78 is 1.86. The van der Waals surface area contributed by atoms with Gasteiger partial charge in [0.1, 0.15) is 0 Å².